The van der Waals surface area contributed by atoms with E-state index in [1.165, 1.54) is 18.3 Å². The van der Waals surface area contributed by atoms with Crippen LogP contribution in [0.4, 0.5) is 5.69 Å². The topological polar surface area (TPSA) is 91.3 Å². The normalized spacial score (nSPS) is 12.1. The van der Waals surface area contributed by atoms with Gasteiger partial charge in [0.1, 0.15) is 0 Å². The third-order valence-electron chi connectivity index (χ3n) is 2.28. The predicted molar refractivity (Wildman–Crippen MR) is 61.2 cm³/mol. The van der Waals surface area contributed by atoms with Crippen molar-refractivity contribution in [3.63, 3.8) is 0 Å². The SMILES string of the molecule is Cc1cc([C@@H](C)Oc2ncccc2[N+](=O)[O-])on1. The molecule has 18 heavy (non-hydrogen) atoms. The van der Waals surface area contributed by atoms with Gasteiger partial charge in [-0.3, -0.25) is 10.1 Å². The van der Waals surface area contributed by atoms with E-state index in [0.717, 1.165) is 5.69 Å². The average molecular weight is 249 g/mol. The van der Waals surface area contributed by atoms with Gasteiger partial charge in [-0.15, -0.1) is 0 Å². The van der Waals surface area contributed by atoms with Crippen LogP contribution in [0.2, 0.25) is 0 Å². The number of aryl methyl sites for hydroxylation is 1. The average Bonchev–Trinajstić information content (AvgIpc) is 2.76. The molecule has 0 aromatic carbocycles. The molecule has 2 heterocycles. The number of ether oxygens (including phenoxy) is 1. The zero-order valence-electron chi connectivity index (χ0n) is 9.86. The number of hydrogen-bond donors (Lipinski definition) is 0. The number of aromatic nitrogens is 2. The molecule has 1 atom stereocenters. The predicted octanol–water partition coefficient (Wildman–Crippen LogP) is 2.43. The van der Waals surface area contributed by atoms with E-state index in [4.69, 9.17) is 9.26 Å². The third-order valence-corrected chi connectivity index (χ3v) is 2.28. The van der Waals surface area contributed by atoms with Crippen LogP contribution in [-0.2, 0) is 0 Å². The Balaban J connectivity index is 2.21. The Hall–Kier alpha value is -2.44. The van der Waals surface area contributed by atoms with E-state index in [-0.39, 0.29) is 11.6 Å². The van der Waals surface area contributed by atoms with Gasteiger partial charge in [-0.05, 0) is 19.9 Å². The van der Waals surface area contributed by atoms with Crippen molar-refractivity contribution in [3.8, 4) is 5.88 Å². The van der Waals surface area contributed by atoms with E-state index in [0.29, 0.717) is 5.76 Å². The minimum Gasteiger partial charge on any atom is -0.461 e. The quantitative estimate of drug-likeness (QED) is 0.610. The largest absolute Gasteiger partial charge is 0.461 e. The molecule has 0 aliphatic rings. The summed E-state index contributed by atoms with van der Waals surface area (Å²) in [5, 5.41) is 14.5. The van der Waals surface area contributed by atoms with Crippen LogP contribution in [0.15, 0.2) is 28.9 Å². The minimum atomic E-state index is -0.541. The molecule has 94 valence electrons. The van der Waals surface area contributed by atoms with E-state index < -0.39 is 11.0 Å². The van der Waals surface area contributed by atoms with Crippen molar-refractivity contribution in [1.29, 1.82) is 0 Å². The van der Waals surface area contributed by atoms with E-state index in [1.807, 2.05) is 0 Å². The van der Waals surface area contributed by atoms with E-state index in [9.17, 15) is 10.1 Å². The van der Waals surface area contributed by atoms with Gasteiger partial charge in [-0.1, -0.05) is 5.16 Å². The van der Waals surface area contributed by atoms with Crippen LogP contribution >= 0.6 is 0 Å². The fourth-order valence-corrected chi connectivity index (χ4v) is 1.41. The third kappa shape index (κ3) is 2.45. The van der Waals surface area contributed by atoms with Crippen molar-refractivity contribution in [2.75, 3.05) is 0 Å². The molecule has 2 aromatic rings. The van der Waals surface area contributed by atoms with Gasteiger partial charge in [-0.25, -0.2) is 4.98 Å². The van der Waals surface area contributed by atoms with Crippen LogP contribution in [-0.4, -0.2) is 15.1 Å². The number of rotatable bonds is 4. The molecule has 0 spiro atoms. The molecule has 0 bridgehead atoms. The molecule has 7 heteroatoms. The lowest BCUT2D eigenvalue weighted by atomic mass is 10.3. The molecule has 0 saturated carbocycles. The first-order valence-electron chi connectivity index (χ1n) is 5.27. The number of nitro groups is 1. The van der Waals surface area contributed by atoms with Crippen LogP contribution in [0, 0.1) is 17.0 Å². The highest BCUT2D eigenvalue weighted by molar-refractivity contribution is 5.40. The Morgan fingerprint density at radius 3 is 2.94 bits per heavy atom. The lowest BCUT2D eigenvalue weighted by Crippen LogP contribution is -2.05. The summed E-state index contributed by atoms with van der Waals surface area (Å²) in [6.07, 6.45) is 0.931. The van der Waals surface area contributed by atoms with Crippen molar-refractivity contribution in [2.45, 2.75) is 20.0 Å². The summed E-state index contributed by atoms with van der Waals surface area (Å²) in [6.45, 7) is 3.49. The van der Waals surface area contributed by atoms with Gasteiger partial charge in [0.2, 0.25) is 0 Å². The van der Waals surface area contributed by atoms with Gasteiger partial charge in [0, 0.05) is 18.3 Å². The summed E-state index contributed by atoms with van der Waals surface area (Å²) in [4.78, 5) is 14.1. The first-order chi connectivity index (χ1) is 8.58. The zero-order chi connectivity index (χ0) is 13.1. The highest BCUT2D eigenvalue weighted by atomic mass is 16.6. The first kappa shape index (κ1) is 12.0. The number of pyridine rings is 1. The maximum Gasteiger partial charge on any atom is 0.330 e. The second kappa shape index (κ2) is 4.82. The van der Waals surface area contributed by atoms with Gasteiger partial charge in [0.15, 0.2) is 11.9 Å². The first-order valence-corrected chi connectivity index (χ1v) is 5.27. The highest BCUT2D eigenvalue weighted by Crippen LogP contribution is 2.28. The molecule has 0 N–H and O–H groups in total. The van der Waals surface area contributed by atoms with Crippen molar-refractivity contribution in [2.24, 2.45) is 0 Å². The fourth-order valence-electron chi connectivity index (χ4n) is 1.41. The standard InChI is InChI=1S/C11H11N3O4/c1-7-6-10(18-13-7)8(2)17-11-9(14(15)16)4-3-5-12-11/h3-6,8H,1-2H3/t8-/m1/s1. The van der Waals surface area contributed by atoms with Crippen LogP contribution in [0.25, 0.3) is 0 Å². The maximum absolute atomic E-state index is 10.8. The fraction of sp³-hybridized carbons (Fsp3) is 0.273. The zero-order valence-corrected chi connectivity index (χ0v) is 9.86. The van der Waals surface area contributed by atoms with Gasteiger partial charge < -0.3 is 9.26 Å². The minimum absolute atomic E-state index is 0.0379. The Morgan fingerprint density at radius 1 is 1.56 bits per heavy atom. The molecule has 0 radical (unpaired) electrons. The molecule has 0 aliphatic carbocycles. The Labute approximate surface area is 103 Å². The van der Waals surface area contributed by atoms with Gasteiger partial charge >= 0.3 is 5.69 Å². The van der Waals surface area contributed by atoms with Crippen LogP contribution in [0.5, 0.6) is 5.88 Å². The molecule has 0 unspecified atom stereocenters. The van der Waals surface area contributed by atoms with Crippen LogP contribution in [0.3, 0.4) is 0 Å². The molecular formula is C11H11N3O4. The molecule has 0 aliphatic heterocycles. The second-order valence-corrected chi connectivity index (χ2v) is 3.72. The van der Waals surface area contributed by atoms with Crippen molar-refractivity contribution in [3.05, 3.63) is 46.0 Å². The summed E-state index contributed by atoms with van der Waals surface area (Å²) in [6, 6.07) is 4.52. The molecule has 0 fully saturated rings. The molecular weight excluding hydrogens is 238 g/mol. The summed E-state index contributed by atoms with van der Waals surface area (Å²) in [5.74, 6) is 0.455. The van der Waals surface area contributed by atoms with E-state index in [1.54, 1.807) is 19.9 Å². The molecule has 2 rings (SSSR count). The van der Waals surface area contributed by atoms with Crippen LogP contribution < -0.4 is 4.74 Å². The van der Waals surface area contributed by atoms with E-state index in [2.05, 4.69) is 10.1 Å². The highest BCUT2D eigenvalue weighted by Gasteiger charge is 2.20. The number of hydrogen-bond acceptors (Lipinski definition) is 6. The lowest BCUT2D eigenvalue weighted by molar-refractivity contribution is -0.386. The Kier molecular flexibility index (Phi) is 3.22. The van der Waals surface area contributed by atoms with Gasteiger partial charge in [0.25, 0.3) is 5.88 Å². The van der Waals surface area contributed by atoms with Crippen molar-refractivity contribution < 1.29 is 14.2 Å². The second-order valence-electron chi connectivity index (χ2n) is 3.72. The Morgan fingerprint density at radius 2 is 2.33 bits per heavy atom. The Bertz CT molecular complexity index is 567. The lowest BCUT2D eigenvalue weighted by Gasteiger charge is -2.10. The smallest absolute Gasteiger partial charge is 0.330 e. The summed E-state index contributed by atoms with van der Waals surface area (Å²) >= 11 is 0. The number of nitrogens with zero attached hydrogens (tertiary/aromatic N) is 3. The van der Waals surface area contributed by atoms with Crippen molar-refractivity contribution in [1.82, 2.24) is 10.1 Å². The van der Waals surface area contributed by atoms with Crippen molar-refractivity contribution >= 4 is 5.69 Å². The van der Waals surface area contributed by atoms with Gasteiger partial charge in [-0.2, -0.15) is 0 Å². The van der Waals surface area contributed by atoms with Gasteiger partial charge in [0.05, 0.1) is 10.6 Å². The molecule has 0 saturated heterocycles. The summed E-state index contributed by atoms with van der Waals surface area (Å²) in [5.41, 5.74) is 0.538. The monoisotopic (exact) mass is 249 g/mol. The van der Waals surface area contributed by atoms with Crippen LogP contribution in [0.1, 0.15) is 24.5 Å². The maximum atomic E-state index is 10.8. The molecule has 2 aromatic heterocycles. The molecule has 0 amide bonds. The molecule has 7 nitrogen and oxygen atoms in total. The summed E-state index contributed by atoms with van der Waals surface area (Å²) in [7, 11) is 0. The summed E-state index contributed by atoms with van der Waals surface area (Å²) < 4.78 is 10.4. The van der Waals surface area contributed by atoms with E-state index >= 15 is 0 Å².